The molecular weight excluding hydrogens is 630 g/mol. The number of phenolic OH excluding ortho intramolecular Hbond substituents is 1. The van der Waals surface area contributed by atoms with Crippen LogP contribution in [0.15, 0.2) is 6.07 Å². The zero-order valence-electron chi connectivity index (χ0n) is 29.3. The molecule has 2 aromatic rings. The van der Waals surface area contributed by atoms with Crippen LogP contribution in [0.1, 0.15) is 79.6 Å². The fraction of sp³-hybridized carbons (Fsp3) is 0.556. The third-order valence-corrected chi connectivity index (χ3v) is 10.3. The topological polar surface area (TPSA) is 163 Å². The van der Waals surface area contributed by atoms with Crippen LogP contribution in [0.5, 0.6) is 28.7 Å². The van der Waals surface area contributed by atoms with Gasteiger partial charge in [-0.05, 0) is 57.7 Å². The van der Waals surface area contributed by atoms with Crippen molar-refractivity contribution in [1.29, 1.82) is 5.26 Å². The van der Waals surface area contributed by atoms with Crippen molar-refractivity contribution in [2.24, 2.45) is 5.92 Å². The highest BCUT2D eigenvalue weighted by atomic mass is 16.7. The van der Waals surface area contributed by atoms with E-state index in [1.165, 1.54) is 14.0 Å². The molecule has 1 unspecified atom stereocenters. The van der Waals surface area contributed by atoms with Gasteiger partial charge in [0.05, 0.1) is 25.3 Å². The highest BCUT2D eigenvalue weighted by molar-refractivity contribution is 5.87. The molecule has 2 amide bonds. The molecule has 0 saturated carbocycles. The summed E-state index contributed by atoms with van der Waals surface area (Å²) in [5.41, 5.74) is 4.49. The van der Waals surface area contributed by atoms with E-state index in [-0.39, 0.29) is 48.9 Å². The van der Waals surface area contributed by atoms with Gasteiger partial charge in [-0.15, -0.1) is 0 Å². The number of nitriles is 1. The number of aromatic hydroxyl groups is 1. The molecule has 13 nitrogen and oxygen atoms in total. The van der Waals surface area contributed by atoms with Crippen molar-refractivity contribution in [2.75, 3.05) is 27.5 Å². The van der Waals surface area contributed by atoms with Crippen molar-refractivity contribution >= 4 is 17.8 Å². The molecule has 1 fully saturated rings. The van der Waals surface area contributed by atoms with Crippen molar-refractivity contribution in [3.63, 3.8) is 0 Å². The number of rotatable bonds is 8. The van der Waals surface area contributed by atoms with Crippen LogP contribution < -0.4 is 29.6 Å². The van der Waals surface area contributed by atoms with E-state index in [4.69, 9.17) is 18.9 Å². The number of ether oxygens (including phenoxy) is 4. The number of phenols is 1. The quantitative estimate of drug-likeness (QED) is 0.278. The number of nitrogens with one attached hydrogen (secondary N) is 2. The fourth-order valence-electron chi connectivity index (χ4n) is 8.40. The molecule has 0 aliphatic carbocycles. The first-order valence-electron chi connectivity index (χ1n) is 16.8. The van der Waals surface area contributed by atoms with E-state index in [1.54, 1.807) is 6.92 Å². The molecule has 4 aliphatic rings. The van der Waals surface area contributed by atoms with E-state index in [0.29, 0.717) is 59.0 Å². The lowest BCUT2D eigenvalue weighted by molar-refractivity contribution is -0.132. The van der Waals surface area contributed by atoms with Crippen LogP contribution >= 0.6 is 0 Å². The SMILES string of the molecule is COc1c(C)cc2c(c1O)[C@H]1C3Cc4c(OC(C)=O)c(C)c5c(c4[C@H](CNC(=O)[C@@H](C)NC(=O)CC(C)C)N3[C@@H](C#N)[C@H](C2)N1C)OCO5. The van der Waals surface area contributed by atoms with Gasteiger partial charge in [0.1, 0.15) is 17.8 Å². The van der Waals surface area contributed by atoms with Gasteiger partial charge in [-0.2, -0.15) is 5.26 Å². The normalized spacial score (nSPS) is 24.2. The third kappa shape index (κ3) is 5.70. The Morgan fingerprint density at radius 3 is 2.47 bits per heavy atom. The molecule has 2 aromatic carbocycles. The molecule has 0 spiro atoms. The molecule has 3 N–H and O–H groups in total. The van der Waals surface area contributed by atoms with Crippen molar-refractivity contribution in [3.05, 3.63) is 39.4 Å². The molecule has 0 aromatic heterocycles. The molecule has 6 rings (SSSR count). The molecule has 49 heavy (non-hydrogen) atoms. The molecule has 1 saturated heterocycles. The van der Waals surface area contributed by atoms with Crippen molar-refractivity contribution in [3.8, 4) is 34.8 Å². The summed E-state index contributed by atoms with van der Waals surface area (Å²) >= 11 is 0. The lowest BCUT2D eigenvalue weighted by atomic mass is 9.71. The monoisotopic (exact) mass is 675 g/mol. The lowest BCUT2D eigenvalue weighted by Gasteiger charge is -2.60. The molecular formula is C36H45N5O8. The first kappa shape index (κ1) is 34.3. The van der Waals surface area contributed by atoms with Gasteiger partial charge in [0.15, 0.2) is 23.0 Å². The van der Waals surface area contributed by atoms with Crippen LogP contribution in [0, 0.1) is 31.1 Å². The minimum Gasteiger partial charge on any atom is -0.504 e. The number of hydrogen-bond acceptors (Lipinski definition) is 11. The summed E-state index contributed by atoms with van der Waals surface area (Å²) in [6.07, 6.45) is 1.15. The van der Waals surface area contributed by atoms with Crippen LogP contribution in [0.3, 0.4) is 0 Å². The zero-order valence-corrected chi connectivity index (χ0v) is 29.3. The second-order valence-corrected chi connectivity index (χ2v) is 14.0. The number of nitrogens with zero attached hydrogens (tertiary/aromatic N) is 3. The average Bonchev–Trinajstić information content (AvgIpc) is 3.52. The second-order valence-electron chi connectivity index (χ2n) is 14.0. The van der Waals surface area contributed by atoms with Gasteiger partial charge in [0.2, 0.25) is 18.6 Å². The molecule has 0 radical (unpaired) electrons. The van der Waals surface area contributed by atoms with E-state index in [2.05, 4.69) is 26.5 Å². The number of hydrogen-bond donors (Lipinski definition) is 3. The maximum Gasteiger partial charge on any atom is 0.308 e. The minimum absolute atomic E-state index is 0.0381. The molecule has 4 heterocycles. The fourth-order valence-corrected chi connectivity index (χ4v) is 8.40. The Morgan fingerprint density at radius 1 is 1.10 bits per heavy atom. The molecule has 13 heteroatoms. The van der Waals surface area contributed by atoms with E-state index < -0.39 is 30.1 Å². The van der Waals surface area contributed by atoms with Crippen molar-refractivity contribution in [2.45, 2.75) is 97.1 Å². The largest absolute Gasteiger partial charge is 0.504 e. The van der Waals surface area contributed by atoms with E-state index in [1.807, 2.05) is 40.8 Å². The van der Waals surface area contributed by atoms with Crippen LogP contribution in [0.4, 0.5) is 0 Å². The molecule has 6 atom stereocenters. The van der Waals surface area contributed by atoms with Crippen molar-refractivity contribution in [1.82, 2.24) is 20.4 Å². The highest BCUT2D eigenvalue weighted by Crippen LogP contribution is 2.58. The minimum atomic E-state index is -0.803. The van der Waals surface area contributed by atoms with Gasteiger partial charge in [-0.25, -0.2) is 0 Å². The number of methoxy groups -OCH3 is 1. The number of aryl methyl sites for hydroxylation is 1. The Balaban J connectivity index is 1.50. The van der Waals surface area contributed by atoms with Crippen molar-refractivity contribution < 1.29 is 38.4 Å². The summed E-state index contributed by atoms with van der Waals surface area (Å²) in [6.45, 7) is 10.6. The Kier molecular flexibility index (Phi) is 9.15. The maximum absolute atomic E-state index is 13.5. The molecule has 4 aliphatic heterocycles. The van der Waals surface area contributed by atoms with Gasteiger partial charge in [0, 0.05) is 54.2 Å². The van der Waals surface area contributed by atoms with Gasteiger partial charge >= 0.3 is 5.97 Å². The van der Waals surface area contributed by atoms with Crippen LogP contribution in [-0.2, 0) is 27.2 Å². The summed E-state index contributed by atoms with van der Waals surface area (Å²) in [7, 11) is 3.50. The number of esters is 1. The molecule has 262 valence electrons. The zero-order chi connectivity index (χ0) is 35.5. The summed E-state index contributed by atoms with van der Waals surface area (Å²) in [6, 6.07) is 1.52. The number of amides is 2. The number of fused-ring (bicyclic) bond motifs is 9. The third-order valence-electron chi connectivity index (χ3n) is 10.3. The Bertz CT molecular complexity index is 1750. The predicted octanol–water partition coefficient (Wildman–Crippen LogP) is 3.11. The highest BCUT2D eigenvalue weighted by Gasteiger charge is 2.57. The van der Waals surface area contributed by atoms with Crippen LogP contribution in [0.25, 0.3) is 0 Å². The van der Waals surface area contributed by atoms with Gasteiger partial charge in [0.25, 0.3) is 0 Å². The Labute approximate surface area is 286 Å². The Morgan fingerprint density at radius 2 is 1.82 bits per heavy atom. The van der Waals surface area contributed by atoms with E-state index in [9.17, 15) is 24.8 Å². The summed E-state index contributed by atoms with van der Waals surface area (Å²) < 4.78 is 23.5. The standard InChI is InChI=1S/C36H45N5O8/c1-16(2)9-27(43)39-19(5)36(45)38-14-26-29-22(33(49-20(6)42)18(4)34-35(29)48-15-47-34)12-24-30-28-21(10-17(3)32(46-8)31(28)44)11-23(40(30)7)25(13-37)41(24)26/h10,16,19,23-26,30,44H,9,11-12,14-15H2,1-8H3,(H,38,45)(H,39,43)/t19-,23+,24?,25+,26+,30-/m1/s1. The van der Waals surface area contributed by atoms with Crippen LogP contribution in [0.2, 0.25) is 0 Å². The van der Waals surface area contributed by atoms with Gasteiger partial charge in [-0.3, -0.25) is 24.2 Å². The van der Waals surface area contributed by atoms with Gasteiger partial charge < -0.3 is 34.7 Å². The lowest BCUT2D eigenvalue weighted by Crippen LogP contribution is -2.69. The number of carbonyl (C=O) groups is 3. The van der Waals surface area contributed by atoms with E-state index >= 15 is 0 Å². The number of carbonyl (C=O) groups excluding carboxylic acids is 3. The summed E-state index contributed by atoms with van der Waals surface area (Å²) in [5.74, 6) is 0.791. The Hall–Kier alpha value is -4.54. The summed E-state index contributed by atoms with van der Waals surface area (Å²) in [4.78, 5) is 42.8. The predicted molar refractivity (Wildman–Crippen MR) is 178 cm³/mol. The second kappa shape index (κ2) is 13.1. The number of likely N-dealkylation sites (N-methyl/N-ethyl adjacent to an activating group) is 1. The smallest absolute Gasteiger partial charge is 0.308 e. The first-order valence-corrected chi connectivity index (χ1v) is 16.8. The first-order chi connectivity index (χ1) is 23.3. The van der Waals surface area contributed by atoms with E-state index in [0.717, 1.165) is 16.7 Å². The maximum atomic E-state index is 13.5. The molecule has 2 bridgehead atoms. The number of benzene rings is 2. The average molecular weight is 676 g/mol. The van der Waals surface area contributed by atoms with Gasteiger partial charge in [-0.1, -0.05) is 19.9 Å². The summed E-state index contributed by atoms with van der Waals surface area (Å²) in [5, 5.41) is 28.4. The number of piperazine rings is 1. The van der Waals surface area contributed by atoms with Crippen LogP contribution in [-0.4, -0.2) is 84.4 Å².